The van der Waals surface area contributed by atoms with Crippen LogP contribution < -0.4 is 10.6 Å². The van der Waals surface area contributed by atoms with Crippen LogP contribution in [0.4, 0.5) is 15.8 Å². The predicted octanol–water partition coefficient (Wildman–Crippen LogP) is 2.52. The molecule has 5 heteroatoms. The minimum atomic E-state index is -0.522. The Morgan fingerprint density at radius 3 is 2.50 bits per heavy atom. The van der Waals surface area contributed by atoms with E-state index < -0.39 is 17.6 Å². The maximum Gasteiger partial charge on any atom is 0.268 e. The van der Waals surface area contributed by atoms with Gasteiger partial charge in [-0.15, -0.1) is 0 Å². The summed E-state index contributed by atoms with van der Waals surface area (Å²) in [5.74, 6) is -1.47. The molecule has 0 spiro atoms. The van der Waals surface area contributed by atoms with E-state index in [2.05, 4.69) is 0 Å². The van der Waals surface area contributed by atoms with Crippen molar-refractivity contribution in [2.45, 2.75) is 6.92 Å². The molecule has 0 unspecified atom stereocenters. The maximum absolute atomic E-state index is 13.6. The van der Waals surface area contributed by atoms with Gasteiger partial charge in [-0.2, -0.15) is 0 Å². The van der Waals surface area contributed by atoms with Gasteiger partial charge < -0.3 is 5.73 Å². The van der Waals surface area contributed by atoms with Gasteiger partial charge in [0.25, 0.3) is 11.8 Å². The van der Waals surface area contributed by atoms with Gasteiger partial charge >= 0.3 is 0 Å². The van der Waals surface area contributed by atoms with Crippen LogP contribution >= 0.6 is 0 Å². The lowest BCUT2D eigenvalue weighted by molar-refractivity contribution is 0.0926. The summed E-state index contributed by atoms with van der Waals surface area (Å²) in [5, 5.41) is 0. The van der Waals surface area contributed by atoms with E-state index in [9.17, 15) is 14.0 Å². The Hall–Kier alpha value is -2.69. The zero-order chi connectivity index (χ0) is 14.4. The van der Waals surface area contributed by atoms with Crippen LogP contribution in [0.1, 0.15) is 26.3 Å². The summed E-state index contributed by atoms with van der Waals surface area (Å²) in [6.45, 7) is 1.61. The number of fused-ring (bicyclic) bond motifs is 1. The van der Waals surface area contributed by atoms with E-state index in [1.807, 2.05) is 0 Å². The Morgan fingerprint density at radius 2 is 1.85 bits per heavy atom. The van der Waals surface area contributed by atoms with Gasteiger partial charge in [0.1, 0.15) is 5.82 Å². The summed E-state index contributed by atoms with van der Waals surface area (Å²) in [4.78, 5) is 25.6. The van der Waals surface area contributed by atoms with E-state index in [1.165, 1.54) is 24.3 Å². The molecule has 0 aliphatic carbocycles. The number of nitrogens with zero attached hydrogens (tertiary/aromatic N) is 1. The first-order valence-corrected chi connectivity index (χ1v) is 6.04. The van der Waals surface area contributed by atoms with E-state index >= 15 is 0 Å². The van der Waals surface area contributed by atoms with E-state index in [0.29, 0.717) is 5.56 Å². The zero-order valence-electron chi connectivity index (χ0n) is 10.7. The van der Waals surface area contributed by atoms with Crippen molar-refractivity contribution in [2.75, 3.05) is 10.6 Å². The number of aryl methyl sites for hydroxylation is 1. The molecule has 0 saturated heterocycles. The molecular weight excluding hydrogens is 259 g/mol. The van der Waals surface area contributed by atoms with Crippen molar-refractivity contribution in [3.63, 3.8) is 0 Å². The van der Waals surface area contributed by atoms with Crippen molar-refractivity contribution in [3.8, 4) is 0 Å². The minimum absolute atomic E-state index is 0.179. The average Bonchev–Trinajstić information content (AvgIpc) is 2.67. The highest BCUT2D eigenvalue weighted by Gasteiger charge is 2.38. The largest absolute Gasteiger partial charge is 0.398 e. The molecule has 0 fully saturated rings. The molecule has 2 N–H and O–H groups in total. The molecule has 2 aromatic rings. The second-order valence-corrected chi connectivity index (χ2v) is 4.65. The molecule has 0 aromatic heterocycles. The number of carbonyl (C=O) groups is 2. The fourth-order valence-electron chi connectivity index (χ4n) is 2.27. The van der Waals surface area contributed by atoms with Gasteiger partial charge in [-0.25, -0.2) is 9.29 Å². The lowest BCUT2D eigenvalue weighted by Crippen LogP contribution is -2.29. The number of amides is 2. The number of imide groups is 1. The molecule has 1 heterocycles. The summed E-state index contributed by atoms with van der Waals surface area (Å²) in [6.07, 6.45) is 0. The van der Waals surface area contributed by atoms with Crippen LogP contribution in [0.15, 0.2) is 36.4 Å². The van der Waals surface area contributed by atoms with Gasteiger partial charge in [-0.1, -0.05) is 12.1 Å². The van der Waals surface area contributed by atoms with E-state index in [4.69, 9.17) is 5.73 Å². The maximum atomic E-state index is 13.6. The van der Waals surface area contributed by atoms with Gasteiger partial charge in [0.15, 0.2) is 0 Å². The summed E-state index contributed by atoms with van der Waals surface area (Å²) in [5.41, 5.74) is 7.07. The number of rotatable bonds is 1. The van der Waals surface area contributed by atoms with Gasteiger partial charge in [0, 0.05) is 5.69 Å². The van der Waals surface area contributed by atoms with Crippen LogP contribution in [0.2, 0.25) is 0 Å². The first-order chi connectivity index (χ1) is 9.50. The Bertz CT molecular complexity index is 756. The molecule has 0 bridgehead atoms. The molecule has 20 heavy (non-hydrogen) atoms. The molecule has 1 aliphatic heterocycles. The minimum Gasteiger partial charge on any atom is -0.398 e. The third-order valence-electron chi connectivity index (χ3n) is 3.36. The van der Waals surface area contributed by atoms with Crippen molar-refractivity contribution in [1.82, 2.24) is 0 Å². The highest BCUT2D eigenvalue weighted by molar-refractivity contribution is 6.35. The normalized spacial score (nSPS) is 13.8. The molecule has 4 nitrogen and oxygen atoms in total. The molecule has 3 rings (SSSR count). The number of hydrogen-bond donors (Lipinski definition) is 1. The van der Waals surface area contributed by atoms with Gasteiger partial charge in [-0.05, 0) is 36.8 Å². The highest BCUT2D eigenvalue weighted by Crippen LogP contribution is 2.32. The molecular formula is C15H11FN2O2. The molecule has 0 atom stereocenters. The quantitative estimate of drug-likeness (QED) is 0.639. The van der Waals surface area contributed by atoms with Crippen LogP contribution in [0.3, 0.4) is 0 Å². The highest BCUT2D eigenvalue weighted by atomic mass is 19.1. The van der Waals surface area contributed by atoms with Crippen molar-refractivity contribution < 1.29 is 14.0 Å². The van der Waals surface area contributed by atoms with E-state index in [0.717, 1.165) is 4.90 Å². The number of nitrogen functional groups attached to an aromatic ring is 1. The summed E-state index contributed by atoms with van der Waals surface area (Å²) >= 11 is 0. The van der Waals surface area contributed by atoms with Crippen LogP contribution in [0.5, 0.6) is 0 Å². The van der Waals surface area contributed by atoms with Gasteiger partial charge in [0.05, 0.1) is 16.8 Å². The Morgan fingerprint density at radius 1 is 1.10 bits per heavy atom. The SMILES string of the molecule is Cc1ccc(N2C(=O)c3cccc(N)c3C2=O)cc1F. The summed E-state index contributed by atoms with van der Waals surface area (Å²) in [6, 6.07) is 8.94. The van der Waals surface area contributed by atoms with Gasteiger partial charge in [0.2, 0.25) is 0 Å². The number of benzene rings is 2. The Kier molecular flexibility index (Phi) is 2.57. The number of halogens is 1. The first kappa shape index (κ1) is 12.3. The second-order valence-electron chi connectivity index (χ2n) is 4.65. The predicted molar refractivity (Wildman–Crippen MR) is 73.1 cm³/mol. The standard InChI is InChI=1S/C15H11FN2O2/c1-8-5-6-9(7-11(8)16)18-14(19)10-3-2-4-12(17)13(10)15(18)20/h2-7H,17H2,1H3. The Balaban J connectivity index is 2.14. The van der Waals surface area contributed by atoms with Crippen LogP contribution in [-0.4, -0.2) is 11.8 Å². The summed E-state index contributed by atoms with van der Waals surface area (Å²) in [7, 11) is 0. The fourth-order valence-corrected chi connectivity index (χ4v) is 2.27. The van der Waals surface area contributed by atoms with Crippen molar-refractivity contribution in [1.29, 1.82) is 0 Å². The molecule has 1 aliphatic rings. The Labute approximate surface area is 114 Å². The van der Waals surface area contributed by atoms with Crippen molar-refractivity contribution in [3.05, 3.63) is 58.9 Å². The smallest absolute Gasteiger partial charge is 0.268 e. The van der Waals surface area contributed by atoms with Crippen LogP contribution in [0, 0.1) is 12.7 Å². The lowest BCUT2D eigenvalue weighted by Gasteiger charge is -2.14. The molecule has 2 amide bonds. The molecule has 2 aromatic carbocycles. The third kappa shape index (κ3) is 1.60. The van der Waals surface area contributed by atoms with Crippen LogP contribution in [-0.2, 0) is 0 Å². The average molecular weight is 270 g/mol. The topological polar surface area (TPSA) is 63.4 Å². The third-order valence-corrected chi connectivity index (χ3v) is 3.36. The fraction of sp³-hybridized carbons (Fsp3) is 0.0667. The molecule has 0 saturated carbocycles. The van der Waals surface area contributed by atoms with Crippen molar-refractivity contribution >= 4 is 23.2 Å². The number of nitrogens with two attached hydrogens (primary N) is 1. The number of carbonyl (C=O) groups excluding carboxylic acids is 2. The number of hydrogen-bond acceptors (Lipinski definition) is 3. The zero-order valence-corrected chi connectivity index (χ0v) is 10.7. The van der Waals surface area contributed by atoms with Crippen molar-refractivity contribution in [2.24, 2.45) is 0 Å². The second kappa shape index (κ2) is 4.16. The first-order valence-electron chi connectivity index (χ1n) is 6.04. The molecule has 100 valence electrons. The van der Waals surface area contributed by atoms with E-state index in [1.54, 1.807) is 19.1 Å². The van der Waals surface area contributed by atoms with Crippen LogP contribution in [0.25, 0.3) is 0 Å². The lowest BCUT2D eigenvalue weighted by atomic mass is 10.1. The summed E-state index contributed by atoms with van der Waals surface area (Å²) < 4.78 is 13.6. The molecule has 0 radical (unpaired) electrons. The van der Waals surface area contributed by atoms with E-state index in [-0.39, 0.29) is 22.5 Å². The monoisotopic (exact) mass is 270 g/mol. The van der Waals surface area contributed by atoms with Gasteiger partial charge in [-0.3, -0.25) is 9.59 Å². The number of anilines is 2.